The predicted molar refractivity (Wildman–Crippen MR) is 99.1 cm³/mol. The summed E-state index contributed by atoms with van der Waals surface area (Å²) in [6, 6.07) is 10.6. The number of benzene rings is 2. The smallest absolute Gasteiger partial charge is 0.238 e. The van der Waals surface area contributed by atoms with Gasteiger partial charge in [0.2, 0.25) is 12.7 Å². The molecular formula is C19H19ClN2O4. The molecule has 7 heteroatoms. The highest BCUT2D eigenvalue weighted by molar-refractivity contribution is 6.30. The van der Waals surface area contributed by atoms with Crippen molar-refractivity contribution in [3.8, 4) is 11.5 Å². The Morgan fingerprint density at radius 3 is 2.46 bits per heavy atom. The maximum Gasteiger partial charge on any atom is 0.238 e. The minimum Gasteiger partial charge on any atom is -0.454 e. The van der Waals surface area contributed by atoms with Gasteiger partial charge in [0.25, 0.3) is 0 Å². The highest BCUT2D eigenvalue weighted by Gasteiger charge is 2.20. The Morgan fingerprint density at radius 1 is 1.15 bits per heavy atom. The predicted octanol–water partition coefficient (Wildman–Crippen LogP) is 3.56. The Bertz CT molecular complexity index is 836. The second kappa shape index (κ2) is 7.76. The van der Waals surface area contributed by atoms with Crippen molar-refractivity contribution < 1.29 is 19.1 Å². The fraction of sp³-hybridized carbons (Fsp3) is 0.263. The van der Waals surface area contributed by atoms with Gasteiger partial charge in [-0.2, -0.15) is 0 Å². The molecule has 1 amide bonds. The first kappa shape index (κ1) is 18.2. The van der Waals surface area contributed by atoms with E-state index in [4.69, 9.17) is 21.1 Å². The molecule has 2 aromatic rings. The van der Waals surface area contributed by atoms with Crippen LogP contribution in [0, 0.1) is 0 Å². The molecular weight excluding hydrogens is 356 g/mol. The van der Waals surface area contributed by atoms with Crippen LogP contribution in [0.4, 0.5) is 5.69 Å². The van der Waals surface area contributed by atoms with Crippen LogP contribution >= 0.6 is 11.6 Å². The molecule has 6 nitrogen and oxygen atoms in total. The van der Waals surface area contributed by atoms with E-state index in [1.807, 2.05) is 19.1 Å². The summed E-state index contributed by atoms with van der Waals surface area (Å²) in [6.45, 7) is 3.59. The quantitative estimate of drug-likeness (QED) is 0.756. The van der Waals surface area contributed by atoms with Gasteiger partial charge in [0.15, 0.2) is 17.3 Å². The molecule has 0 unspecified atom stereocenters. The van der Waals surface area contributed by atoms with E-state index in [0.717, 1.165) is 5.56 Å². The fourth-order valence-corrected chi connectivity index (χ4v) is 2.77. The van der Waals surface area contributed by atoms with Gasteiger partial charge in [-0.05, 0) is 37.6 Å². The molecule has 0 saturated heterocycles. The number of hydrogen-bond acceptors (Lipinski definition) is 5. The number of carbonyl (C=O) groups excluding carboxylic acids is 2. The molecule has 136 valence electrons. The van der Waals surface area contributed by atoms with Crippen molar-refractivity contribution >= 4 is 29.0 Å². The lowest BCUT2D eigenvalue weighted by Gasteiger charge is -2.15. The molecule has 0 saturated carbocycles. The molecule has 0 spiro atoms. The maximum absolute atomic E-state index is 12.3. The summed E-state index contributed by atoms with van der Waals surface area (Å²) in [6.07, 6.45) is 0. The molecule has 1 aliphatic heterocycles. The second-order valence-corrected chi connectivity index (χ2v) is 6.45. The van der Waals surface area contributed by atoms with Gasteiger partial charge >= 0.3 is 0 Å². The largest absolute Gasteiger partial charge is 0.454 e. The third-order valence-electron chi connectivity index (χ3n) is 4.10. The van der Waals surface area contributed by atoms with Crippen LogP contribution in [0.2, 0.25) is 5.02 Å². The minimum atomic E-state index is -0.257. The number of nitrogens with one attached hydrogen (secondary N) is 2. The van der Waals surface area contributed by atoms with E-state index in [9.17, 15) is 9.59 Å². The molecule has 0 aromatic heterocycles. The van der Waals surface area contributed by atoms with Crippen LogP contribution in [0.15, 0.2) is 36.4 Å². The summed E-state index contributed by atoms with van der Waals surface area (Å²) < 4.78 is 10.6. The monoisotopic (exact) mass is 374 g/mol. The van der Waals surface area contributed by atoms with E-state index < -0.39 is 0 Å². The van der Waals surface area contributed by atoms with E-state index >= 15 is 0 Å². The maximum atomic E-state index is 12.3. The molecule has 0 radical (unpaired) electrons. The summed E-state index contributed by atoms with van der Waals surface area (Å²) in [5.41, 5.74) is 1.82. The van der Waals surface area contributed by atoms with Crippen LogP contribution in [-0.2, 0) is 4.79 Å². The van der Waals surface area contributed by atoms with Crippen LogP contribution in [0.1, 0.15) is 35.8 Å². The molecule has 0 aliphatic carbocycles. The van der Waals surface area contributed by atoms with Gasteiger partial charge in [-0.15, -0.1) is 0 Å². The first-order valence-electron chi connectivity index (χ1n) is 8.17. The lowest BCUT2D eigenvalue weighted by molar-refractivity contribution is -0.115. The number of rotatable bonds is 6. The Morgan fingerprint density at radius 2 is 1.81 bits per heavy atom. The number of Topliss-reactive ketones (excluding diaryl/α,β-unsaturated/α-hetero) is 1. The number of fused-ring (bicyclic) bond motifs is 1. The first-order chi connectivity index (χ1) is 12.4. The summed E-state index contributed by atoms with van der Waals surface area (Å²) in [4.78, 5) is 24.2. The van der Waals surface area contributed by atoms with Crippen molar-refractivity contribution in [2.45, 2.75) is 19.9 Å². The molecule has 2 aromatic carbocycles. The zero-order valence-electron chi connectivity index (χ0n) is 14.5. The third kappa shape index (κ3) is 4.15. The number of amides is 1. The molecule has 1 heterocycles. The van der Waals surface area contributed by atoms with Crippen molar-refractivity contribution in [1.29, 1.82) is 0 Å². The SMILES string of the molecule is CC(=O)c1cc2c(cc1NC(=O)CN[C@@H](C)c1ccc(Cl)cc1)OCO2. The van der Waals surface area contributed by atoms with Gasteiger partial charge < -0.3 is 20.1 Å². The second-order valence-electron chi connectivity index (χ2n) is 6.01. The van der Waals surface area contributed by atoms with Crippen molar-refractivity contribution in [2.24, 2.45) is 0 Å². The average molecular weight is 375 g/mol. The standard InChI is InChI=1S/C19H19ClN2O4/c1-11(13-3-5-14(20)6-4-13)21-9-19(24)22-16-8-18-17(25-10-26-18)7-15(16)12(2)23/h3-8,11,21H,9-10H2,1-2H3,(H,22,24)/t11-/m0/s1. The van der Waals surface area contributed by atoms with Gasteiger partial charge in [-0.3, -0.25) is 9.59 Å². The Kier molecular flexibility index (Phi) is 5.44. The van der Waals surface area contributed by atoms with Crippen LogP contribution in [0.5, 0.6) is 11.5 Å². The molecule has 0 bridgehead atoms. The fourth-order valence-electron chi connectivity index (χ4n) is 2.65. The van der Waals surface area contributed by atoms with Gasteiger partial charge in [-0.1, -0.05) is 23.7 Å². The van der Waals surface area contributed by atoms with E-state index in [0.29, 0.717) is 27.8 Å². The lowest BCUT2D eigenvalue weighted by atomic mass is 10.1. The topological polar surface area (TPSA) is 76.7 Å². The van der Waals surface area contributed by atoms with E-state index in [-0.39, 0.29) is 31.1 Å². The highest BCUT2D eigenvalue weighted by atomic mass is 35.5. The van der Waals surface area contributed by atoms with Gasteiger partial charge in [-0.25, -0.2) is 0 Å². The van der Waals surface area contributed by atoms with Crippen molar-refractivity contribution in [1.82, 2.24) is 5.32 Å². The van der Waals surface area contributed by atoms with Crippen molar-refractivity contribution in [3.63, 3.8) is 0 Å². The van der Waals surface area contributed by atoms with Crippen LogP contribution in [0.3, 0.4) is 0 Å². The van der Waals surface area contributed by atoms with Crippen LogP contribution in [0.25, 0.3) is 0 Å². The summed E-state index contributed by atoms with van der Waals surface area (Å²) in [7, 11) is 0. The normalized spacial score (nSPS) is 13.3. The van der Waals surface area contributed by atoms with Crippen LogP contribution in [-0.4, -0.2) is 25.0 Å². The van der Waals surface area contributed by atoms with Crippen molar-refractivity contribution in [3.05, 3.63) is 52.5 Å². The molecule has 26 heavy (non-hydrogen) atoms. The summed E-state index contributed by atoms with van der Waals surface area (Å²) in [5, 5.41) is 6.57. The lowest BCUT2D eigenvalue weighted by Crippen LogP contribution is -2.30. The Hall–Kier alpha value is -2.57. The number of carbonyl (C=O) groups is 2. The number of halogens is 1. The van der Waals surface area contributed by atoms with Crippen molar-refractivity contribution in [2.75, 3.05) is 18.7 Å². The Labute approximate surface area is 156 Å². The minimum absolute atomic E-state index is 0.0259. The van der Waals surface area contributed by atoms with Gasteiger partial charge in [0.05, 0.1) is 12.2 Å². The summed E-state index contributed by atoms with van der Waals surface area (Å²) >= 11 is 5.88. The van der Waals surface area contributed by atoms with E-state index in [1.54, 1.807) is 24.3 Å². The molecule has 1 aliphatic rings. The first-order valence-corrected chi connectivity index (χ1v) is 8.55. The highest BCUT2D eigenvalue weighted by Crippen LogP contribution is 2.37. The van der Waals surface area contributed by atoms with Gasteiger partial charge in [0.1, 0.15) is 0 Å². The molecule has 3 rings (SSSR count). The molecule has 2 N–H and O–H groups in total. The third-order valence-corrected chi connectivity index (χ3v) is 4.36. The zero-order valence-corrected chi connectivity index (χ0v) is 15.2. The number of hydrogen-bond donors (Lipinski definition) is 2. The number of ether oxygens (including phenoxy) is 2. The average Bonchev–Trinajstić information content (AvgIpc) is 3.06. The van der Waals surface area contributed by atoms with Crippen LogP contribution < -0.4 is 20.1 Å². The number of ketones is 1. The van der Waals surface area contributed by atoms with Gasteiger partial charge in [0, 0.05) is 22.7 Å². The number of anilines is 1. The molecule has 1 atom stereocenters. The summed E-state index contributed by atoms with van der Waals surface area (Å²) in [5.74, 6) is 0.587. The molecule has 0 fully saturated rings. The Balaban J connectivity index is 1.64. The van der Waals surface area contributed by atoms with E-state index in [1.165, 1.54) is 6.92 Å². The van der Waals surface area contributed by atoms with E-state index in [2.05, 4.69) is 10.6 Å². The zero-order chi connectivity index (χ0) is 18.7.